The molecule has 0 bridgehead atoms. The van der Waals surface area contributed by atoms with E-state index in [9.17, 15) is 5.11 Å². The van der Waals surface area contributed by atoms with Crippen molar-refractivity contribution in [3.63, 3.8) is 0 Å². The van der Waals surface area contributed by atoms with Crippen LogP contribution in [-0.2, 0) is 5.75 Å². The first-order valence-corrected chi connectivity index (χ1v) is 8.52. The molecule has 2 aromatic heterocycles. The van der Waals surface area contributed by atoms with Gasteiger partial charge in [-0.3, -0.25) is 0 Å². The number of hydrogen-bond donors (Lipinski definition) is 0. The van der Waals surface area contributed by atoms with Crippen molar-refractivity contribution < 1.29 is 9.62 Å². The number of aromatic nitrogens is 4. The molecule has 0 unspecified atom stereocenters. The minimum Gasteiger partial charge on any atom is -0.856 e. The largest absolute Gasteiger partial charge is 0.856 e. The van der Waals surface area contributed by atoms with E-state index in [1.807, 2.05) is 24.3 Å². The van der Waals surface area contributed by atoms with Gasteiger partial charge in [0.2, 0.25) is 5.16 Å². The Labute approximate surface area is 143 Å². The molecule has 6 heteroatoms. The quantitative estimate of drug-likeness (QED) is 0.327. The molecule has 0 saturated carbocycles. The highest BCUT2D eigenvalue weighted by atomic mass is 32.2. The molecule has 0 saturated heterocycles. The average Bonchev–Trinajstić information content (AvgIpc) is 2.61. The van der Waals surface area contributed by atoms with Crippen LogP contribution in [0.1, 0.15) is 11.1 Å². The Morgan fingerprint density at radius 1 is 1.08 bits per heavy atom. The number of rotatable bonds is 3. The van der Waals surface area contributed by atoms with Gasteiger partial charge in [0, 0.05) is 11.6 Å². The van der Waals surface area contributed by atoms with Crippen LogP contribution >= 0.6 is 11.8 Å². The van der Waals surface area contributed by atoms with Crippen LogP contribution in [0.5, 0.6) is 5.88 Å². The second-order valence-corrected chi connectivity index (χ2v) is 6.47. The van der Waals surface area contributed by atoms with Gasteiger partial charge >= 0.3 is 6.33 Å². The standard InChI is InChI=1S/C18H14N4OS/c1-12-6-8-13(9-7-12)10-24-18-20-17(23)16-14-4-2-3-5-15(14)19-11-22(16)21-18/h2-9,11H,10H2,1H3. The van der Waals surface area contributed by atoms with Crippen LogP contribution in [0.15, 0.2) is 60.0 Å². The van der Waals surface area contributed by atoms with Crippen LogP contribution in [0.3, 0.4) is 0 Å². The number of benzene rings is 2. The number of aryl methyl sites for hydroxylation is 1. The maximum Gasteiger partial charge on any atom is 0.312 e. The summed E-state index contributed by atoms with van der Waals surface area (Å²) in [6.07, 6.45) is 1.57. The zero-order chi connectivity index (χ0) is 16.5. The molecule has 0 atom stereocenters. The third-order valence-corrected chi connectivity index (χ3v) is 4.68. The van der Waals surface area contributed by atoms with Crippen molar-refractivity contribution in [1.29, 1.82) is 0 Å². The molecular weight excluding hydrogens is 320 g/mol. The van der Waals surface area contributed by atoms with E-state index in [2.05, 4.69) is 46.3 Å². The molecule has 0 spiro atoms. The molecule has 24 heavy (non-hydrogen) atoms. The Morgan fingerprint density at radius 3 is 2.71 bits per heavy atom. The van der Waals surface area contributed by atoms with Crippen molar-refractivity contribution in [2.45, 2.75) is 17.8 Å². The number of nitrogens with zero attached hydrogens (tertiary/aromatic N) is 4. The van der Waals surface area contributed by atoms with Gasteiger partial charge in [-0.1, -0.05) is 63.3 Å². The summed E-state index contributed by atoms with van der Waals surface area (Å²) in [6.45, 7) is 2.06. The molecule has 2 aromatic carbocycles. The van der Waals surface area contributed by atoms with Crippen molar-refractivity contribution in [2.75, 3.05) is 0 Å². The Hall–Kier alpha value is -2.73. The Morgan fingerprint density at radius 2 is 1.88 bits per heavy atom. The molecule has 0 N–H and O–H groups in total. The molecule has 0 aliphatic heterocycles. The minimum absolute atomic E-state index is 0.282. The van der Waals surface area contributed by atoms with Gasteiger partial charge in [-0.25, -0.2) is 4.98 Å². The first-order chi connectivity index (χ1) is 11.7. The highest BCUT2D eigenvalue weighted by Crippen LogP contribution is 2.23. The summed E-state index contributed by atoms with van der Waals surface area (Å²) < 4.78 is 1.52. The summed E-state index contributed by atoms with van der Waals surface area (Å²) in [5, 5.41) is 18.1. The summed E-state index contributed by atoms with van der Waals surface area (Å²) in [5.41, 5.74) is 3.61. The van der Waals surface area contributed by atoms with E-state index in [-0.39, 0.29) is 5.88 Å². The molecule has 0 radical (unpaired) electrons. The van der Waals surface area contributed by atoms with Crippen molar-refractivity contribution in [3.8, 4) is 5.88 Å². The second-order valence-electron chi connectivity index (χ2n) is 5.53. The molecule has 4 rings (SSSR count). The second kappa shape index (κ2) is 6.05. The first-order valence-electron chi connectivity index (χ1n) is 7.53. The smallest absolute Gasteiger partial charge is 0.312 e. The molecule has 118 valence electrons. The van der Waals surface area contributed by atoms with E-state index >= 15 is 0 Å². The molecular formula is C18H14N4OS. The summed E-state index contributed by atoms with van der Waals surface area (Å²) in [7, 11) is 0. The Bertz CT molecular complexity index is 1030. The van der Waals surface area contributed by atoms with E-state index < -0.39 is 0 Å². The zero-order valence-corrected chi connectivity index (χ0v) is 13.8. The predicted octanol–water partition coefficient (Wildman–Crippen LogP) is 2.44. The lowest BCUT2D eigenvalue weighted by molar-refractivity contribution is -0.591. The van der Waals surface area contributed by atoms with E-state index in [1.165, 1.54) is 27.4 Å². The highest BCUT2D eigenvalue weighted by molar-refractivity contribution is 7.98. The summed E-state index contributed by atoms with van der Waals surface area (Å²) in [6, 6.07) is 15.8. The minimum atomic E-state index is -0.282. The van der Waals surface area contributed by atoms with Crippen LogP contribution in [0, 0.1) is 6.92 Å². The van der Waals surface area contributed by atoms with E-state index in [4.69, 9.17) is 0 Å². The monoisotopic (exact) mass is 334 g/mol. The van der Waals surface area contributed by atoms with E-state index in [0.29, 0.717) is 16.4 Å². The lowest BCUT2D eigenvalue weighted by atomic mass is 10.2. The summed E-state index contributed by atoms with van der Waals surface area (Å²) in [4.78, 5) is 8.48. The molecule has 0 aliphatic carbocycles. The molecule has 2 heterocycles. The third kappa shape index (κ3) is 2.76. The predicted molar refractivity (Wildman–Crippen MR) is 90.7 cm³/mol. The van der Waals surface area contributed by atoms with Gasteiger partial charge in [0.05, 0.1) is 5.39 Å². The van der Waals surface area contributed by atoms with Crippen molar-refractivity contribution >= 4 is 28.2 Å². The normalized spacial score (nSPS) is 11.2. The SMILES string of the molecule is Cc1ccc(CSc2nc([O-])c3c4ccccc4nc[n+]3n2)cc1. The van der Waals surface area contributed by atoms with E-state index in [0.717, 1.165) is 10.9 Å². The topological polar surface area (TPSA) is 65.8 Å². The van der Waals surface area contributed by atoms with Gasteiger partial charge in [0.1, 0.15) is 0 Å². The highest BCUT2D eigenvalue weighted by Gasteiger charge is 2.13. The molecule has 5 nitrogen and oxygen atoms in total. The Balaban J connectivity index is 1.70. The van der Waals surface area contributed by atoms with Crippen LogP contribution in [0.2, 0.25) is 0 Å². The van der Waals surface area contributed by atoms with Gasteiger partial charge in [0.15, 0.2) is 11.0 Å². The molecule has 0 aliphatic rings. The van der Waals surface area contributed by atoms with Gasteiger partial charge < -0.3 is 5.11 Å². The third-order valence-electron chi connectivity index (χ3n) is 3.78. The number of thioether (sulfide) groups is 1. The number of para-hydroxylation sites is 1. The van der Waals surface area contributed by atoms with Gasteiger partial charge in [-0.05, 0) is 29.6 Å². The van der Waals surface area contributed by atoms with Crippen LogP contribution in [-0.4, -0.2) is 15.1 Å². The van der Waals surface area contributed by atoms with E-state index in [1.54, 1.807) is 6.33 Å². The number of hydrogen-bond acceptors (Lipinski definition) is 5. The fourth-order valence-electron chi connectivity index (χ4n) is 2.52. The summed E-state index contributed by atoms with van der Waals surface area (Å²) >= 11 is 1.44. The van der Waals surface area contributed by atoms with Gasteiger partial charge in [-0.15, -0.1) is 0 Å². The fourth-order valence-corrected chi connectivity index (χ4v) is 3.30. The number of fused-ring (bicyclic) bond motifs is 3. The van der Waals surface area contributed by atoms with Crippen LogP contribution < -0.4 is 9.62 Å². The summed E-state index contributed by atoms with van der Waals surface area (Å²) in [5.74, 6) is 0.433. The molecule has 0 amide bonds. The average molecular weight is 334 g/mol. The van der Waals surface area contributed by atoms with Crippen molar-refractivity contribution in [2.24, 2.45) is 0 Å². The van der Waals surface area contributed by atoms with Crippen LogP contribution in [0.25, 0.3) is 16.4 Å². The first kappa shape index (κ1) is 14.8. The van der Waals surface area contributed by atoms with Gasteiger partial charge in [0.25, 0.3) is 0 Å². The van der Waals surface area contributed by atoms with Crippen molar-refractivity contribution in [1.82, 2.24) is 15.1 Å². The maximum absolute atomic E-state index is 12.5. The van der Waals surface area contributed by atoms with Gasteiger partial charge in [-0.2, -0.15) is 0 Å². The molecule has 0 fully saturated rings. The Kier molecular flexibility index (Phi) is 3.74. The maximum atomic E-state index is 12.5. The molecule has 4 aromatic rings. The fraction of sp³-hybridized carbons (Fsp3) is 0.111. The lowest BCUT2D eigenvalue weighted by Gasteiger charge is -2.08. The lowest BCUT2D eigenvalue weighted by Crippen LogP contribution is -2.30. The van der Waals surface area contributed by atoms with Crippen molar-refractivity contribution in [3.05, 3.63) is 66.0 Å². The van der Waals surface area contributed by atoms with Crippen LogP contribution in [0.4, 0.5) is 0 Å². The zero-order valence-electron chi connectivity index (χ0n) is 13.0.